The van der Waals surface area contributed by atoms with Gasteiger partial charge in [-0.1, -0.05) is 23.8 Å². The van der Waals surface area contributed by atoms with Crippen LogP contribution < -0.4 is 9.62 Å². The summed E-state index contributed by atoms with van der Waals surface area (Å²) < 4.78 is 67.9. The van der Waals surface area contributed by atoms with Gasteiger partial charge in [0.15, 0.2) is 0 Å². The van der Waals surface area contributed by atoms with Crippen LogP contribution in [0.4, 0.5) is 24.5 Å². The Morgan fingerprint density at radius 1 is 0.900 bits per heavy atom. The number of anilines is 2. The molecule has 0 radical (unpaired) electrons. The Kier molecular flexibility index (Phi) is 6.12. The molecule has 1 amide bonds. The molecule has 0 aliphatic heterocycles. The molecule has 156 valence electrons. The SMILES string of the molecule is Cc1ccc(N(CC(=O)Nc2c(F)cccc2F)S(=O)(=O)c2ccc(F)cc2)cc1. The topological polar surface area (TPSA) is 66.5 Å². The van der Waals surface area contributed by atoms with E-state index in [4.69, 9.17) is 0 Å². The molecular formula is C21H17F3N2O3S. The van der Waals surface area contributed by atoms with Crippen LogP contribution in [0.1, 0.15) is 5.56 Å². The van der Waals surface area contributed by atoms with Gasteiger partial charge in [0.2, 0.25) is 5.91 Å². The molecule has 9 heteroatoms. The summed E-state index contributed by atoms with van der Waals surface area (Å²) in [5.41, 5.74) is 0.343. The molecular weight excluding hydrogens is 417 g/mol. The van der Waals surface area contributed by atoms with Gasteiger partial charge < -0.3 is 5.32 Å². The van der Waals surface area contributed by atoms with Crippen molar-refractivity contribution in [2.75, 3.05) is 16.2 Å². The Labute approximate surface area is 171 Å². The molecule has 3 aromatic carbocycles. The van der Waals surface area contributed by atoms with E-state index in [0.29, 0.717) is 0 Å². The summed E-state index contributed by atoms with van der Waals surface area (Å²) in [7, 11) is -4.27. The summed E-state index contributed by atoms with van der Waals surface area (Å²) in [4.78, 5) is 12.2. The van der Waals surface area contributed by atoms with Gasteiger partial charge in [-0.3, -0.25) is 9.10 Å². The standard InChI is InChI=1S/C21H17F3N2O3S/c1-14-5-9-16(10-6-14)26(30(28,29)17-11-7-15(22)8-12-17)13-20(27)25-21-18(23)3-2-4-19(21)24/h2-12H,13H2,1H3,(H,25,27). The van der Waals surface area contributed by atoms with Crippen LogP contribution in [0.25, 0.3) is 0 Å². The van der Waals surface area contributed by atoms with Crippen molar-refractivity contribution in [3.05, 3.63) is 89.7 Å². The number of carbonyl (C=O) groups excluding carboxylic acids is 1. The fourth-order valence-corrected chi connectivity index (χ4v) is 4.11. The summed E-state index contributed by atoms with van der Waals surface area (Å²) in [6, 6.07) is 13.5. The molecule has 0 spiro atoms. The Morgan fingerprint density at radius 2 is 1.47 bits per heavy atom. The molecule has 0 atom stereocenters. The summed E-state index contributed by atoms with van der Waals surface area (Å²) in [5.74, 6) is -3.56. The normalized spacial score (nSPS) is 11.2. The zero-order chi connectivity index (χ0) is 21.9. The molecule has 0 saturated heterocycles. The third-order valence-corrected chi connectivity index (χ3v) is 6.03. The van der Waals surface area contributed by atoms with Crippen LogP contribution in [-0.4, -0.2) is 20.9 Å². The molecule has 5 nitrogen and oxygen atoms in total. The second-order valence-corrected chi connectivity index (χ2v) is 8.31. The number of amides is 1. The molecule has 3 rings (SSSR count). The minimum atomic E-state index is -4.27. The highest BCUT2D eigenvalue weighted by atomic mass is 32.2. The monoisotopic (exact) mass is 434 g/mol. The first-order valence-corrected chi connectivity index (χ1v) is 10.2. The van der Waals surface area contributed by atoms with Crippen molar-refractivity contribution >= 4 is 27.3 Å². The maximum atomic E-state index is 13.8. The largest absolute Gasteiger partial charge is 0.320 e. The lowest BCUT2D eigenvalue weighted by Crippen LogP contribution is -2.38. The van der Waals surface area contributed by atoms with Crippen molar-refractivity contribution in [2.45, 2.75) is 11.8 Å². The minimum absolute atomic E-state index is 0.161. The van der Waals surface area contributed by atoms with Gasteiger partial charge in [0.1, 0.15) is 29.7 Å². The second kappa shape index (κ2) is 8.58. The molecule has 0 fully saturated rings. The number of carbonyl (C=O) groups is 1. The molecule has 0 aliphatic carbocycles. The maximum Gasteiger partial charge on any atom is 0.264 e. The average Bonchev–Trinajstić information content (AvgIpc) is 2.70. The Bertz CT molecular complexity index is 1140. The Morgan fingerprint density at radius 3 is 2.03 bits per heavy atom. The number of benzene rings is 3. The molecule has 3 aromatic rings. The van der Waals surface area contributed by atoms with Gasteiger partial charge in [-0.2, -0.15) is 0 Å². The number of nitrogens with one attached hydrogen (secondary N) is 1. The number of rotatable bonds is 6. The van der Waals surface area contributed by atoms with E-state index in [1.165, 1.54) is 12.1 Å². The number of sulfonamides is 1. The van der Waals surface area contributed by atoms with E-state index in [-0.39, 0.29) is 10.6 Å². The van der Waals surface area contributed by atoms with Crippen molar-refractivity contribution in [3.8, 4) is 0 Å². The zero-order valence-corrected chi connectivity index (χ0v) is 16.6. The number of halogens is 3. The van der Waals surface area contributed by atoms with E-state index in [9.17, 15) is 26.4 Å². The molecule has 0 heterocycles. The van der Waals surface area contributed by atoms with E-state index >= 15 is 0 Å². The fraction of sp³-hybridized carbons (Fsp3) is 0.0952. The van der Waals surface area contributed by atoms with Gasteiger partial charge >= 0.3 is 0 Å². The van der Waals surface area contributed by atoms with Gasteiger partial charge in [-0.05, 0) is 55.5 Å². The quantitative estimate of drug-likeness (QED) is 0.631. The smallest absolute Gasteiger partial charge is 0.264 e. The second-order valence-electron chi connectivity index (χ2n) is 6.45. The fourth-order valence-electron chi connectivity index (χ4n) is 2.69. The summed E-state index contributed by atoms with van der Waals surface area (Å²) in [5, 5.41) is 2.07. The van der Waals surface area contributed by atoms with Gasteiger partial charge in [-0.25, -0.2) is 21.6 Å². The minimum Gasteiger partial charge on any atom is -0.320 e. The third kappa shape index (κ3) is 4.62. The van der Waals surface area contributed by atoms with E-state index in [1.807, 2.05) is 0 Å². The van der Waals surface area contributed by atoms with Gasteiger partial charge in [0, 0.05) is 0 Å². The van der Waals surface area contributed by atoms with Crippen LogP contribution in [-0.2, 0) is 14.8 Å². The summed E-state index contributed by atoms with van der Waals surface area (Å²) >= 11 is 0. The first kappa shape index (κ1) is 21.4. The molecule has 30 heavy (non-hydrogen) atoms. The molecule has 1 N–H and O–H groups in total. The predicted octanol–water partition coefficient (Wildman–Crippen LogP) is 4.25. The maximum absolute atomic E-state index is 13.8. The lowest BCUT2D eigenvalue weighted by Gasteiger charge is -2.24. The van der Waals surface area contributed by atoms with E-state index in [1.54, 1.807) is 19.1 Å². The lowest BCUT2D eigenvalue weighted by molar-refractivity contribution is -0.114. The van der Waals surface area contributed by atoms with Crippen molar-refractivity contribution in [2.24, 2.45) is 0 Å². The third-order valence-electron chi connectivity index (χ3n) is 4.24. The van der Waals surface area contributed by atoms with Crippen LogP contribution in [0.3, 0.4) is 0 Å². The molecule has 0 bridgehead atoms. The average molecular weight is 434 g/mol. The molecule has 0 aliphatic rings. The number of aryl methyl sites for hydroxylation is 1. The molecule has 0 aromatic heterocycles. The highest BCUT2D eigenvalue weighted by Gasteiger charge is 2.28. The van der Waals surface area contributed by atoms with Gasteiger partial charge in [0.05, 0.1) is 10.6 Å². The number of hydrogen-bond acceptors (Lipinski definition) is 3. The molecule has 0 saturated carbocycles. The van der Waals surface area contributed by atoms with E-state index < -0.39 is 45.6 Å². The van der Waals surface area contributed by atoms with Crippen LogP contribution in [0, 0.1) is 24.4 Å². The van der Waals surface area contributed by atoms with Crippen molar-refractivity contribution in [1.29, 1.82) is 0 Å². The number of para-hydroxylation sites is 1. The highest BCUT2D eigenvalue weighted by Crippen LogP contribution is 2.25. The van der Waals surface area contributed by atoms with Crippen LogP contribution in [0.5, 0.6) is 0 Å². The van der Waals surface area contributed by atoms with Crippen LogP contribution in [0.2, 0.25) is 0 Å². The Balaban J connectivity index is 1.96. The summed E-state index contributed by atoms with van der Waals surface area (Å²) in [6.07, 6.45) is 0. The van der Waals surface area contributed by atoms with Gasteiger partial charge in [-0.15, -0.1) is 0 Å². The van der Waals surface area contributed by atoms with Gasteiger partial charge in [0.25, 0.3) is 10.0 Å². The number of nitrogens with zero attached hydrogens (tertiary/aromatic N) is 1. The van der Waals surface area contributed by atoms with Crippen LogP contribution in [0.15, 0.2) is 71.6 Å². The zero-order valence-electron chi connectivity index (χ0n) is 15.8. The predicted molar refractivity (Wildman–Crippen MR) is 107 cm³/mol. The number of hydrogen-bond donors (Lipinski definition) is 1. The Hall–Kier alpha value is -3.33. The molecule has 0 unspecified atom stereocenters. The first-order chi connectivity index (χ1) is 14.2. The first-order valence-electron chi connectivity index (χ1n) is 8.77. The lowest BCUT2D eigenvalue weighted by atomic mass is 10.2. The van der Waals surface area contributed by atoms with Crippen LogP contribution >= 0.6 is 0 Å². The van der Waals surface area contributed by atoms with Crippen molar-refractivity contribution in [1.82, 2.24) is 0 Å². The summed E-state index contributed by atoms with van der Waals surface area (Å²) in [6.45, 7) is 1.05. The van der Waals surface area contributed by atoms with Crippen molar-refractivity contribution in [3.63, 3.8) is 0 Å². The highest BCUT2D eigenvalue weighted by molar-refractivity contribution is 7.92. The van der Waals surface area contributed by atoms with E-state index in [2.05, 4.69) is 5.32 Å². The van der Waals surface area contributed by atoms with Crippen molar-refractivity contribution < 1.29 is 26.4 Å². The van der Waals surface area contributed by atoms with E-state index in [0.717, 1.165) is 52.3 Å².